The van der Waals surface area contributed by atoms with E-state index in [1.54, 1.807) is 26.0 Å². The van der Waals surface area contributed by atoms with Gasteiger partial charge in [0.25, 0.3) is 0 Å². The fourth-order valence-corrected chi connectivity index (χ4v) is 2.18. The van der Waals surface area contributed by atoms with Gasteiger partial charge in [-0.1, -0.05) is 6.07 Å². The van der Waals surface area contributed by atoms with E-state index in [0.717, 1.165) is 11.3 Å². The number of halogens is 1. The largest absolute Gasteiger partial charge is 0.493 e. The van der Waals surface area contributed by atoms with E-state index in [1.165, 1.54) is 0 Å². The number of hydrogen-bond donors (Lipinski definition) is 2. The van der Waals surface area contributed by atoms with Gasteiger partial charge in [0.1, 0.15) is 0 Å². The molecule has 1 amide bonds. The minimum Gasteiger partial charge on any atom is -0.493 e. The molecule has 0 aromatic heterocycles. The molecule has 0 aliphatic carbocycles. The molecule has 0 fully saturated rings. The van der Waals surface area contributed by atoms with Crippen molar-refractivity contribution in [2.75, 3.05) is 26.2 Å². The van der Waals surface area contributed by atoms with Gasteiger partial charge in [-0.3, -0.25) is 4.79 Å². The Hall–Kier alpha value is -1.11. The number of amides is 1. The molecule has 1 rings (SSSR count). The molecule has 120 valence electrons. The number of carbonyl (C=O) groups is 1. The van der Waals surface area contributed by atoms with Gasteiger partial charge in [-0.25, -0.2) is 0 Å². The predicted octanol–water partition coefficient (Wildman–Crippen LogP) is 1.82. The Morgan fingerprint density at radius 3 is 2.57 bits per heavy atom. The number of ether oxygens (including phenoxy) is 2. The van der Waals surface area contributed by atoms with Crippen LogP contribution in [-0.2, 0) is 11.3 Å². The average Bonchev–Trinajstić information content (AvgIpc) is 2.49. The molecule has 0 saturated carbocycles. The lowest BCUT2D eigenvalue weighted by atomic mass is 10.2. The second kappa shape index (κ2) is 10.6. The van der Waals surface area contributed by atoms with E-state index in [0.29, 0.717) is 24.5 Å². The monoisotopic (exact) mass is 334 g/mol. The van der Waals surface area contributed by atoms with Crippen molar-refractivity contribution in [2.45, 2.75) is 19.0 Å². The number of nitrogens with one attached hydrogen (secondary N) is 1. The lowest BCUT2D eigenvalue weighted by Crippen LogP contribution is -2.40. The van der Waals surface area contributed by atoms with E-state index >= 15 is 0 Å². The van der Waals surface area contributed by atoms with Crippen LogP contribution in [0, 0.1) is 0 Å². The van der Waals surface area contributed by atoms with Crippen LogP contribution in [0.1, 0.15) is 12.0 Å². The zero-order valence-corrected chi connectivity index (χ0v) is 14.2. The molecular formula is C14H23ClN2O3S. The van der Waals surface area contributed by atoms with Crippen LogP contribution in [-0.4, -0.2) is 38.2 Å². The van der Waals surface area contributed by atoms with Crippen LogP contribution < -0.4 is 20.5 Å². The Morgan fingerprint density at radius 1 is 1.33 bits per heavy atom. The molecule has 1 aromatic rings. The third-order valence-corrected chi connectivity index (χ3v) is 3.53. The minimum absolute atomic E-state index is 0. The Balaban J connectivity index is 0.00000400. The number of hydrogen-bond acceptors (Lipinski definition) is 5. The Kier molecular flexibility index (Phi) is 10.0. The van der Waals surface area contributed by atoms with Gasteiger partial charge in [0.2, 0.25) is 5.91 Å². The summed E-state index contributed by atoms with van der Waals surface area (Å²) in [5, 5.41) is 2.83. The zero-order valence-electron chi connectivity index (χ0n) is 12.5. The summed E-state index contributed by atoms with van der Waals surface area (Å²) in [4.78, 5) is 11.8. The second-order valence-electron chi connectivity index (χ2n) is 4.30. The van der Waals surface area contributed by atoms with Crippen molar-refractivity contribution < 1.29 is 14.3 Å². The highest BCUT2D eigenvalue weighted by atomic mass is 35.5. The molecule has 1 atom stereocenters. The first kappa shape index (κ1) is 19.9. The smallest absolute Gasteiger partial charge is 0.237 e. The van der Waals surface area contributed by atoms with Gasteiger partial charge in [0.15, 0.2) is 11.5 Å². The summed E-state index contributed by atoms with van der Waals surface area (Å²) in [5.41, 5.74) is 6.74. The summed E-state index contributed by atoms with van der Waals surface area (Å²) >= 11 is 1.68. The Bertz CT molecular complexity index is 446. The summed E-state index contributed by atoms with van der Waals surface area (Å²) in [7, 11) is 3.17. The van der Waals surface area contributed by atoms with Gasteiger partial charge in [-0.05, 0) is 36.1 Å². The second-order valence-corrected chi connectivity index (χ2v) is 5.28. The highest BCUT2D eigenvalue weighted by molar-refractivity contribution is 7.98. The molecule has 7 heteroatoms. The van der Waals surface area contributed by atoms with Crippen LogP contribution in [0.15, 0.2) is 18.2 Å². The van der Waals surface area contributed by atoms with E-state index in [1.807, 2.05) is 24.5 Å². The topological polar surface area (TPSA) is 73.6 Å². The fraction of sp³-hybridized carbons (Fsp3) is 0.500. The molecule has 0 heterocycles. The summed E-state index contributed by atoms with van der Waals surface area (Å²) in [6.45, 7) is 0.423. The minimum atomic E-state index is -0.456. The first-order valence-corrected chi connectivity index (χ1v) is 7.75. The molecule has 0 aliphatic rings. The maximum atomic E-state index is 11.8. The van der Waals surface area contributed by atoms with E-state index in [-0.39, 0.29) is 18.3 Å². The van der Waals surface area contributed by atoms with Crippen LogP contribution in [0.3, 0.4) is 0 Å². The standard InChI is InChI=1S/C14H22N2O3S.ClH/c1-18-12-5-4-10(8-13(12)19-2)9-16-14(17)11(15)6-7-20-3;/h4-5,8,11H,6-7,9,15H2,1-3H3,(H,16,17);1H/t11-;/m0./s1. The van der Waals surface area contributed by atoms with Crippen LogP contribution in [0.25, 0.3) is 0 Å². The molecule has 1 aromatic carbocycles. The first-order chi connectivity index (χ1) is 9.62. The van der Waals surface area contributed by atoms with Crippen molar-refractivity contribution in [1.29, 1.82) is 0 Å². The molecule has 21 heavy (non-hydrogen) atoms. The van der Waals surface area contributed by atoms with Crippen LogP contribution in [0.4, 0.5) is 0 Å². The molecule has 0 bridgehead atoms. The van der Waals surface area contributed by atoms with Crippen LogP contribution in [0.5, 0.6) is 11.5 Å². The maximum absolute atomic E-state index is 11.8. The summed E-state index contributed by atoms with van der Waals surface area (Å²) < 4.78 is 10.4. The van der Waals surface area contributed by atoms with Crippen molar-refractivity contribution in [3.63, 3.8) is 0 Å². The quantitative estimate of drug-likeness (QED) is 0.758. The van der Waals surface area contributed by atoms with E-state index < -0.39 is 6.04 Å². The summed E-state index contributed by atoms with van der Waals surface area (Å²) in [6.07, 6.45) is 2.67. The van der Waals surface area contributed by atoms with E-state index in [2.05, 4.69) is 5.32 Å². The van der Waals surface area contributed by atoms with Crippen molar-refractivity contribution >= 4 is 30.1 Å². The molecular weight excluding hydrogens is 312 g/mol. The third-order valence-electron chi connectivity index (χ3n) is 2.88. The van der Waals surface area contributed by atoms with Gasteiger partial charge in [0.05, 0.1) is 20.3 Å². The number of rotatable bonds is 8. The maximum Gasteiger partial charge on any atom is 0.237 e. The Morgan fingerprint density at radius 2 is 2.00 bits per heavy atom. The lowest BCUT2D eigenvalue weighted by molar-refractivity contribution is -0.122. The number of benzene rings is 1. The van der Waals surface area contributed by atoms with Crippen molar-refractivity contribution in [1.82, 2.24) is 5.32 Å². The van der Waals surface area contributed by atoms with Gasteiger partial charge in [-0.2, -0.15) is 11.8 Å². The molecule has 3 N–H and O–H groups in total. The molecule has 0 radical (unpaired) electrons. The van der Waals surface area contributed by atoms with Gasteiger partial charge in [-0.15, -0.1) is 12.4 Å². The van der Waals surface area contributed by atoms with E-state index in [4.69, 9.17) is 15.2 Å². The van der Waals surface area contributed by atoms with Crippen molar-refractivity contribution in [3.05, 3.63) is 23.8 Å². The molecule has 0 spiro atoms. The van der Waals surface area contributed by atoms with Crippen LogP contribution >= 0.6 is 24.2 Å². The lowest BCUT2D eigenvalue weighted by Gasteiger charge is -2.13. The first-order valence-electron chi connectivity index (χ1n) is 6.35. The molecule has 0 unspecified atom stereocenters. The number of thioether (sulfide) groups is 1. The number of nitrogens with two attached hydrogens (primary N) is 1. The summed E-state index contributed by atoms with van der Waals surface area (Å²) in [6, 6.07) is 5.08. The third kappa shape index (κ3) is 6.46. The molecule has 5 nitrogen and oxygen atoms in total. The van der Waals surface area contributed by atoms with Gasteiger partial charge in [0, 0.05) is 6.54 Å². The van der Waals surface area contributed by atoms with Crippen molar-refractivity contribution in [2.24, 2.45) is 5.73 Å². The van der Waals surface area contributed by atoms with Gasteiger partial charge >= 0.3 is 0 Å². The number of carbonyl (C=O) groups excluding carboxylic acids is 1. The normalized spacial score (nSPS) is 11.2. The SMILES string of the molecule is COc1ccc(CNC(=O)[C@@H](N)CCSC)cc1OC.Cl. The van der Waals surface area contributed by atoms with E-state index in [9.17, 15) is 4.79 Å². The highest BCUT2D eigenvalue weighted by Crippen LogP contribution is 2.27. The van der Waals surface area contributed by atoms with Crippen LogP contribution in [0.2, 0.25) is 0 Å². The molecule has 0 saturated heterocycles. The molecule has 0 aliphatic heterocycles. The highest BCUT2D eigenvalue weighted by Gasteiger charge is 2.12. The van der Waals surface area contributed by atoms with Crippen molar-refractivity contribution in [3.8, 4) is 11.5 Å². The zero-order chi connectivity index (χ0) is 15.0. The fourth-order valence-electron chi connectivity index (χ4n) is 1.69. The summed E-state index contributed by atoms with van der Waals surface area (Å²) in [5.74, 6) is 2.06. The number of methoxy groups -OCH3 is 2. The van der Waals surface area contributed by atoms with Gasteiger partial charge < -0.3 is 20.5 Å². The predicted molar refractivity (Wildman–Crippen MR) is 89.6 cm³/mol. The average molecular weight is 335 g/mol. The Labute approximate surface area is 136 Å².